The van der Waals surface area contributed by atoms with E-state index in [-0.39, 0.29) is 41.7 Å². The van der Waals surface area contributed by atoms with E-state index in [1.807, 2.05) is 4.90 Å². The Kier molecular flexibility index (Phi) is 9.83. The average Bonchev–Trinajstić information content (AvgIpc) is 3.07. The molecule has 12 heteroatoms. The van der Waals surface area contributed by atoms with Crippen molar-refractivity contribution < 1.29 is 35.9 Å². The molecule has 1 unspecified atom stereocenters. The van der Waals surface area contributed by atoms with E-state index in [1.54, 1.807) is 48.2 Å². The summed E-state index contributed by atoms with van der Waals surface area (Å²) in [6, 6.07) is 18.0. The monoisotopic (exact) mass is 643 g/mol. The number of hydrogen-bond acceptors (Lipinski definition) is 6. The lowest BCUT2D eigenvalue weighted by Crippen LogP contribution is -2.54. The highest BCUT2D eigenvalue weighted by Crippen LogP contribution is 2.36. The van der Waals surface area contributed by atoms with Gasteiger partial charge in [0.25, 0.3) is 5.91 Å². The second kappa shape index (κ2) is 13.6. The van der Waals surface area contributed by atoms with Gasteiger partial charge in [0.05, 0.1) is 22.8 Å². The Labute approximate surface area is 261 Å². The van der Waals surface area contributed by atoms with Crippen molar-refractivity contribution in [1.29, 1.82) is 0 Å². The molecule has 0 saturated carbocycles. The number of piperidine rings is 1. The fourth-order valence-corrected chi connectivity index (χ4v) is 6.66. The van der Waals surface area contributed by atoms with E-state index in [0.29, 0.717) is 38.1 Å². The van der Waals surface area contributed by atoms with Gasteiger partial charge in [-0.25, -0.2) is 8.42 Å². The van der Waals surface area contributed by atoms with E-state index < -0.39 is 27.6 Å². The second-order valence-corrected chi connectivity index (χ2v) is 13.6. The van der Waals surface area contributed by atoms with Crippen LogP contribution in [-0.2, 0) is 32.1 Å². The number of carbonyl (C=O) groups excluding carboxylic acids is 2. The molecule has 2 aliphatic rings. The van der Waals surface area contributed by atoms with Crippen molar-refractivity contribution in [2.24, 2.45) is 0 Å². The summed E-state index contributed by atoms with van der Waals surface area (Å²) in [7, 11) is -3.31. The third-order valence-corrected chi connectivity index (χ3v) is 10.2. The maximum atomic E-state index is 13.6. The molecule has 0 aromatic heterocycles. The van der Waals surface area contributed by atoms with E-state index in [4.69, 9.17) is 4.74 Å². The second-order valence-electron chi connectivity index (χ2n) is 11.3. The van der Waals surface area contributed by atoms with Gasteiger partial charge in [-0.15, -0.1) is 0 Å². The Hall–Kier alpha value is -3.90. The van der Waals surface area contributed by atoms with Crippen molar-refractivity contribution in [3.05, 3.63) is 95.1 Å². The molecule has 0 spiro atoms. The van der Waals surface area contributed by atoms with Crippen LogP contribution >= 0.6 is 0 Å². The van der Waals surface area contributed by atoms with Gasteiger partial charge < -0.3 is 19.9 Å². The minimum Gasteiger partial charge on any atom is -0.361 e. The van der Waals surface area contributed by atoms with Crippen molar-refractivity contribution in [2.75, 3.05) is 37.1 Å². The number of alkyl halides is 3. The third-order valence-electron chi connectivity index (χ3n) is 8.43. The zero-order chi connectivity index (χ0) is 32.2. The standard InChI is InChI=1S/C33H36F3N3O5S/c1-2-45(42,43)29-15-4-23(5-16-29)20-37-31(40)25-8-13-28(14-9-25)39-21-26(24-6-11-27(12-7-24)33(34,35)36)10-17-30(39)32(41)38-18-3-19-44-22-38/h4-9,11-16,26,30H,2-3,10,17-22H2,1H3,(H,37,40)/t26?,30-/m0/s1. The Morgan fingerprint density at radius 1 is 0.956 bits per heavy atom. The summed E-state index contributed by atoms with van der Waals surface area (Å²) in [6.45, 7) is 3.64. The molecule has 240 valence electrons. The SMILES string of the molecule is CCS(=O)(=O)c1ccc(CNC(=O)c2ccc(N3CC(c4ccc(C(F)(F)F)cc4)CC[C@H]3C(=O)N3CCCOC3)cc2)cc1. The molecule has 8 nitrogen and oxygen atoms in total. The first-order chi connectivity index (χ1) is 21.5. The molecule has 2 amide bonds. The highest BCUT2D eigenvalue weighted by atomic mass is 32.2. The Balaban J connectivity index is 1.30. The van der Waals surface area contributed by atoms with Crippen LogP contribution in [0.1, 0.15) is 59.2 Å². The smallest absolute Gasteiger partial charge is 0.361 e. The summed E-state index contributed by atoms with van der Waals surface area (Å²) in [4.78, 5) is 30.4. The van der Waals surface area contributed by atoms with Crippen LogP contribution in [0.25, 0.3) is 0 Å². The molecule has 1 N–H and O–H groups in total. The summed E-state index contributed by atoms with van der Waals surface area (Å²) < 4.78 is 69.0. The van der Waals surface area contributed by atoms with Crippen molar-refractivity contribution >= 4 is 27.3 Å². The van der Waals surface area contributed by atoms with Gasteiger partial charge in [0, 0.05) is 36.8 Å². The van der Waals surface area contributed by atoms with Crippen LogP contribution in [0.4, 0.5) is 18.9 Å². The fraction of sp³-hybridized carbons (Fsp3) is 0.394. The highest BCUT2D eigenvalue weighted by Gasteiger charge is 2.37. The molecule has 45 heavy (non-hydrogen) atoms. The zero-order valence-electron chi connectivity index (χ0n) is 24.9. The number of carbonyl (C=O) groups is 2. The quantitative estimate of drug-likeness (QED) is 0.354. The van der Waals surface area contributed by atoms with Crippen LogP contribution in [0.3, 0.4) is 0 Å². The summed E-state index contributed by atoms with van der Waals surface area (Å²) in [5, 5.41) is 2.84. The van der Waals surface area contributed by atoms with Gasteiger partial charge in [-0.3, -0.25) is 9.59 Å². The molecule has 0 radical (unpaired) electrons. The predicted molar refractivity (Wildman–Crippen MR) is 163 cm³/mol. The largest absolute Gasteiger partial charge is 0.416 e. The van der Waals surface area contributed by atoms with Crippen LogP contribution < -0.4 is 10.2 Å². The molecule has 3 aromatic rings. The van der Waals surface area contributed by atoms with Gasteiger partial charge in [-0.2, -0.15) is 13.2 Å². The average molecular weight is 644 g/mol. The molecule has 2 fully saturated rings. The number of amides is 2. The minimum atomic E-state index is -4.42. The summed E-state index contributed by atoms with van der Waals surface area (Å²) in [5.41, 5.74) is 1.96. The minimum absolute atomic E-state index is 0.00773. The van der Waals surface area contributed by atoms with Gasteiger partial charge in [0.2, 0.25) is 5.91 Å². The molecule has 0 bridgehead atoms. The number of rotatable bonds is 8. The van der Waals surface area contributed by atoms with Crippen molar-refractivity contribution in [3.8, 4) is 0 Å². The van der Waals surface area contributed by atoms with Gasteiger partial charge >= 0.3 is 6.18 Å². The maximum absolute atomic E-state index is 13.6. The number of hydrogen-bond donors (Lipinski definition) is 1. The first kappa shape index (κ1) is 32.5. The molecule has 5 rings (SSSR count). The normalized spacial score (nSPS) is 19.3. The predicted octanol–water partition coefficient (Wildman–Crippen LogP) is 5.39. The van der Waals surface area contributed by atoms with Crippen LogP contribution in [0.2, 0.25) is 0 Å². The van der Waals surface area contributed by atoms with Crippen LogP contribution in [0.15, 0.2) is 77.7 Å². The van der Waals surface area contributed by atoms with E-state index in [0.717, 1.165) is 35.4 Å². The third kappa shape index (κ3) is 7.67. The van der Waals surface area contributed by atoms with Gasteiger partial charge in [0.15, 0.2) is 9.84 Å². The van der Waals surface area contributed by atoms with Gasteiger partial charge in [-0.1, -0.05) is 31.2 Å². The molecular formula is C33H36F3N3O5S. The Morgan fingerprint density at radius 3 is 2.24 bits per heavy atom. The highest BCUT2D eigenvalue weighted by molar-refractivity contribution is 7.91. The number of sulfone groups is 1. The topological polar surface area (TPSA) is 96.0 Å². The molecule has 2 atom stereocenters. The summed E-state index contributed by atoms with van der Waals surface area (Å²) >= 11 is 0. The van der Waals surface area contributed by atoms with E-state index in [1.165, 1.54) is 24.3 Å². The number of ether oxygens (including phenoxy) is 1. The van der Waals surface area contributed by atoms with E-state index >= 15 is 0 Å². The van der Waals surface area contributed by atoms with Crippen molar-refractivity contribution in [2.45, 2.75) is 55.8 Å². The van der Waals surface area contributed by atoms with Gasteiger partial charge in [-0.05, 0) is 78.9 Å². The molecular weight excluding hydrogens is 607 g/mol. The lowest BCUT2D eigenvalue weighted by atomic mass is 9.86. The molecule has 2 aliphatic heterocycles. The van der Waals surface area contributed by atoms with E-state index in [2.05, 4.69) is 5.32 Å². The number of nitrogens with zero attached hydrogens (tertiary/aromatic N) is 2. The summed E-state index contributed by atoms with van der Waals surface area (Å²) in [5.74, 6) is -0.449. The summed E-state index contributed by atoms with van der Waals surface area (Å²) in [6.07, 6.45) is -2.51. The van der Waals surface area contributed by atoms with Crippen LogP contribution in [0, 0.1) is 0 Å². The number of anilines is 1. The first-order valence-electron chi connectivity index (χ1n) is 15.0. The molecule has 0 aliphatic carbocycles. The van der Waals surface area contributed by atoms with Crippen molar-refractivity contribution in [3.63, 3.8) is 0 Å². The molecule has 3 aromatic carbocycles. The number of halogens is 3. The molecule has 2 heterocycles. The Morgan fingerprint density at radius 2 is 1.64 bits per heavy atom. The first-order valence-corrected chi connectivity index (χ1v) is 16.6. The molecule has 2 saturated heterocycles. The van der Waals surface area contributed by atoms with Crippen LogP contribution in [-0.4, -0.2) is 63.4 Å². The fourth-order valence-electron chi connectivity index (χ4n) is 5.78. The number of nitrogens with one attached hydrogen (secondary N) is 1. The lowest BCUT2D eigenvalue weighted by Gasteiger charge is -2.43. The van der Waals surface area contributed by atoms with Crippen LogP contribution in [0.5, 0.6) is 0 Å². The number of benzene rings is 3. The zero-order valence-corrected chi connectivity index (χ0v) is 25.7. The Bertz CT molecular complexity index is 1590. The van der Waals surface area contributed by atoms with Gasteiger partial charge in [0.1, 0.15) is 12.8 Å². The van der Waals surface area contributed by atoms with E-state index in [9.17, 15) is 31.2 Å². The lowest BCUT2D eigenvalue weighted by molar-refractivity contribution is -0.142. The van der Waals surface area contributed by atoms with Crippen molar-refractivity contribution in [1.82, 2.24) is 10.2 Å². The maximum Gasteiger partial charge on any atom is 0.416 e.